The molecule has 0 heterocycles. The third kappa shape index (κ3) is 7.98. The van der Waals surface area contributed by atoms with Crippen LogP contribution in [0.4, 0.5) is 4.79 Å². The number of carbonyl (C=O) groups is 3. The van der Waals surface area contributed by atoms with E-state index < -0.39 is 29.7 Å². The second-order valence-electron chi connectivity index (χ2n) is 7.63. The van der Waals surface area contributed by atoms with E-state index in [1.807, 2.05) is 20.8 Å². The largest absolute Gasteiger partial charge is 0.465 e. The van der Waals surface area contributed by atoms with Gasteiger partial charge in [0.05, 0.1) is 12.7 Å². The number of carbonyl (C=O) groups excluding carboxylic acids is 3. The van der Waals surface area contributed by atoms with Crippen molar-refractivity contribution in [1.29, 1.82) is 0 Å². The molecular formula is C21H31NO6. The van der Waals surface area contributed by atoms with Gasteiger partial charge >= 0.3 is 18.0 Å². The highest BCUT2D eigenvalue weighted by molar-refractivity contribution is 5.89. The Kier molecular flexibility index (Phi) is 8.96. The third-order valence-corrected chi connectivity index (χ3v) is 4.26. The molecule has 0 saturated carbocycles. The standard InChI is InChI=1S/C21H31NO6/c1-7-21(4,5)28-20(25)22-17(12-14(2)3)19(24)27-13-15-8-10-16(11-9-15)18(23)26-6/h8-11,14,17H,7,12-13H2,1-6H3,(H,22,25). The van der Waals surface area contributed by atoms with Crippen molar-refractivity contribution in [2.75, 3.05) is 7.11 Å². The van der Waals surface area contributed by atoms with Crippen molar-refractivity contribution in [2.24, 2.45) is 5.92 Å². The average molecular weight is 393 g/mol. The van der Waals surface area contributed by atoms with Crippen molar-refractivity contribution in [2.45, 2.75) is 65.7 Å². The van der Waals surface area contributed by atoms with Crippen LogP contribution in [0.5, 0.6) is 0 Å². The third-order valence-electron chi connectivity index (χ3n) is 4.26. The van der Waals surface area contributed by atoms with Gasteiger partial charge in [-0.3, -0.25) is 0 Å². The molecule has 1 atom stereocenters. The van der Waals surface area contributed by atoms with Crippen molar-refractivity contribution in [3.05, 3.63) is 35.4 Å². The second kappa shape index (κ2) is 10.7. The quantitative estimate of drug-likeness (QED) is 0.506. The molecule has 1 unspecified atom stereocenters. The molecule has 7 nitrogen and oxygen atoms in total. The van der Waals surface area contributed by atoms with Crippen LogP contribution in [0.1, 0.15) is 63.4 Å². The number of ether oxygens (including phenoxy) is 3. The fraction of sp³-hybridized carbons (Fsp3) is 0.571. The van der Waals surface area contributed by atoms with Crippen molar-refractivity contribution in [3.8, 4) is 0 Å². The summed E-state index contributed by atoms with van der Waals surface area (Å²) >= 11 is 0. The molecule has 156 valence electrons. The molecular weight excluding hydrogens is 362 g/mol. The highest BCUT2D eigenvalue weighted by atomic mass is 16.6. The Hall–Kier alpha value is -2.57. The first kappa shape index (κ1) is 23.5. The van der Waals surface area contributed by atoms with E-state index in [4.69, 9.17) is 9.47 Å². The summed E-state index contributed by atoms with van der Waals surface area (Å²) in [6.07, 6.45) is 0.445. The second-order valence-corrected chi connectivity index (χ2v) is 7.63. The molecule has 1 aromatic rings. The zero-order valence-electron chi connectivity index (χ0n) is 17.5. The summed E-state index contributed by atoms with van der Waals surface area (Å²) in [5.41, 5.74) is 0.523. The van der Waals surface area contributed by atoms with Gasteiger partial charge in [-0.2, -0.15) is 0 Å². The van der Waals surface area contributed by atoms with Crippen molar-refractivity contribution in [3.63, 3.8) is 0 Å². The number of hydrogen-bond acceptors (Lipinski definition) is 6. The summed E-state index contributed by atoms with van der Waals surface area (Å²) in [5.74, 6) is -0.786. The van der Waals surface area contributed by atoms with E-state index in [0.717, 1.165) is 5.56 Å². The van der Waals surface area contributed by atoms with Crippen LogP contribution in [0.15, 0.2) is 24.3 Å². The minimum absolute atomic E-state index is 0.0338. The van der Waals surface area contributed by atoms with Crippen LogP contribution in [-0.2, 0) is 25.6 Å². The molecule has 7 heteroatoms. The fourth-order valence-corrected chi connectivity index (χ4v) is 2.29. The van der Waals surface area contributed by atoms with E-state index in [-0.39, 0.29) is 12.5 Å². The molecule has 1 rings (SSSR count). The Bertz CT molecular complexity index is 666. The molecule has 1 aromatic carbocycles. The van der Waals surface area contributed by atoms with E-state index in [1.54, 1.807) is 38.1 Å². The molecule has 0 aromatic heterocycles. The predicted octanol–water partition coefficient (Wildman–Crippen LogP) is 3.85. The zero-order chi connectivity index (χ0) is 21.3. The lowest BCUT2D eigenvalue weighted by Gasteiger charge is -2.25. The van der Waals surface area contributed by atoms with Crippen LogP contribution < -0.4 is 5.32 Å². The van der Waals surface area contributed by atoms with Crippen LogP contribution in [0.3, 0.4) is 0 Å². The Morgan fingerprint density at radius 2 is 1.71 bits per heavy atom. The summed E-state index contributed by atoms with van der Waals surface area (Å²) in [6, 6.07) is 5.77. The van der Waals surface area contributed by atoms with Gasteiger partial charge in [-0.25, -0.2) is 14.4 Å². The van der Waals surface area contributed by atoms with Gasteiger partial charge in [0.25, 0.3) is 0 Å². The van der Waals surface area contributed by atoms with Crippen LogP contribution >= 0.6 is 0 Å². The predicted molar refractivity (Wildman–Crippen MR) is 105 cm³/mol. The summed E-state index contributed by atoms with van der Waals surface area (Å²) in [7, 11) is 1.31. The van der Waals surface area contributed by atoms with E-state index in [2.05, 4.69) is 10.1 Å². The zero-order valence-corrected chi connectivity index (χ0v) is 17.5. The maximum atomic E-state index is 12.5. The van der Waals surface area contributed by atoms with E-state index in [0.29, 0.717) is 18.4 Å². The lowest BCUT2D eigenvalue weighted by molar-refractivity contribution is -0.148. The first-order valence-electron chi connectivity index (χ1n) is 9.41. The van der Waals surface area contributed by atoms with Crippen molar-refractivity contribution < 1.29 is 28.6 Å². The number of benzene rings is 1. The molecule has 0 aliphatic heterocycles. The van der Waals surface area contributed by atoms with Crippen LogP contribution in [-0.4, -0.2) is 36.8 Å². The van der Waals surface area contributed by atoms with Crippen LogP contribution in [0.25, 0.3) is 0 Å². The monoisotopic (exact) mass is 393 g/mol. The summed E-state index contributed by atoms with van der Waals surface area (Å²) < 4.78 is 15.4. The van der Waals surface area contributed by atoms with Gasteiger partial charge < -0.3 is 19.5 Å². The molecule has 0 aliphatic carbocycles. The number of alkyl carbamates (subject to hydrolysis) is 1. The Morgan fingerprint density at radius 3 is 2.21 bits per heavy atom. The Labute approximate surface area is 166 Å². The Morgan fingerprint density at radius 1 is 1.11 bits per heavy atom. The summed E-state index contributed by atoms with van der Waals surface area (Å²) in [4.78, 5) is 36.1. The molecule has 0 fully saturated rings. The normalized spacial score (nSPS) is 12.2. The molecule has 0 radical (unpaired) electrons. The van der Waals surface area contributed by atoms with Crippen LogP contribution in [0, 0.1) is 5.92 Å². The number of nitrogens with one attached hydrogen (secondary N) is 1. The van der Waals surface area contributed by atoms with Gasteiger partial charge in [-0.15, -0.1) is 0 Å². The van der Waals surface area contributed by atoms with Gasteiger partial charge in [0.15, 0.2) is 0 Å². The lowest BCUT2D eigenvalue weighted by Crippen LogP contribution is -2.45. The molecule has 0 saturated heterocycles. The smallest absolute Gasteiger partial charge is 0.408 e. The highest BCUT2D eigenvalue weighted by Crippen LogP contribution is 2.15. The van der Waals surface area contributed by atoms with Crippen molar-refractivity contribution >= 4 is 18.0 Å². The number of methoxy groups -OCH3 is 1. The maximum absolute atomic E-state index is 12.5. The van der Waals surface area contributed by atoms with E-state index >= 15 is 0 Å². The molecule has 1 amide bonds. The minimum atomic E-state index is -0.797. The topological polar surface area (TPSA) is 90.9 Å². The fourth-order valence-electron chi connectivity index (χ4n) is 2.29. The number of hydrogen-bond donors (Lipinski definition) is 1. The maximum Gasteiger partial charge on any atom is 0.408 e. The molecule has 0 aliphatic rings. The highest BCUT2D eigenvalue weighted by Gasteiger charge is 2.27. The number of amides is 1. The van der Waals surface area contributed by atoms with Gasteiger partial charge in [0.2, 0.25) is 0 Å². The first-order valence-corrected chi connectivity index (χ1v) is 9.41. The van der Waals surface area contributed by atoms with E-state index in [9.17, 15) is 14.4 Å². The van der Waals surface area contributed by atoms with Crippen molar-refractivity contribution in [1.82, 2.24) is 5.32 Å². The minimum Gasteiger partial charge on any atom is -0.465 e. The van der Waals surface area contributed by atoms with Gasteiger partial charge in [-0.1, -0.05) is 32.9 Å². The SMILES string of the molecule is CCC(C)(C)OC(=O)NC(CC(C)C)C(=O)OCc1ccc(C(=O)OC)cc1. The number of rotatable bonds is 9. The van der Waals surface area contributed by atoms with Crippen LogP contribution in [0.2, 0.25) is 0 Å². The average Bonchev–Trinajstić information content (AvgIpc) is 2.64. The molecule has 28 heavy (non-hydrogen) atoms. The van der Waals surface area contributed by atoms with E-state index in [1.165, 1.54) is 7.11 Å². The van der Waals surface area contributed by atoms with Gasteiger partial charge in [-0.05, 0) is 50.3 Å². The molecule has 1 N–H and O–H groups in total. The number of esters is 2. The first-order chi connectivity index (χ1) is 13.1. The Balaban J connectivity index is 2.69. The summed E-state index contributed by atoms with van der Waals surface area (Å²) in [6.45, 7) is 9.47. The lowest BCUT2D eigenvalue weighted by atomic mass is 10.0. The van der Waals surface area contributed by atoms with Gasteiger partial charge in [0, 0.05) is 0 Å². The molecule has 0 spiro atoms. The van der Waals surface area contributed by atoms with Gasteiger partial charge in [0.1, 0.15) is 18.2 Å². The summed E-state index contributed by atoms with van der Waals surface area (Å²) in [5, 5.41) is 2.61. The molecule has 0 bridgehead atoms.